The number of carbonyl (C=O) groups excluding carboxylic acids is 1. The summed E-state index contributed by atoms with van der Waals surface area (Å²) in [4.78, 5) is 19.1. The standard InChI is InChI=1S/C27H29N7O6/c1-36-12-10-33(11-13-37-2)27(35)18-8-9-19(28-15-18)16-39-26-22-7-5-4-6-21(22)24-29-30-25(34(24)31-26)23-14-20(17-38-3)40-32-23/h4-9,14-15H,10-13,16-17H2,1-3H3. The number of hydrogen-bond acceptors (Lipinski definition) is 11. The van der Waals surface area contributed by atoms with E-state index in [1.165, 1.54) is 0 Å². The van der Waals surface area contributed by atoms with Crippen molar-refractivity contribution in [3.63, 3.8) is 0 Å². The summed E-state index contributed by atoms with van der Waals surface area (Å²) in [6.07, 6.45) is 1.54. The number of rotatable bonds is 13. The largest absolute Gasteiger partial charge is 0.470 e. The van der Waals surface area contributed by atoms with Crippen LogP contribution in [0.25, 0.3) is 27.9 Å². The van der Waals surface area contributed by atoms with Crippen molar-refractivity contribution >= 4 is 22.3 Å². The van der Waals surface area contributed by atoms with Gasteiger partial charge in [-0.05, 0) is 18.2 Å². The van der Waals surface area contributed by atoms with Crippen molar-refractivity contribution in [2.45, 2.75) is 13.2 Å². The molecule has 40 heavy (non-hydrogen) atoms. The highest BCUT2D eigenvalue weighted by Crippen LogP contribution is 2.29. The van der Waals surface area contributed by atoms with E-state index in [1.54, 1.807) is 55.1 Å². The molecule has 4 heterocycles. The lowest BCUT2D eigenvalue weighted by atomic mass is 10.2. The molecule has 0 atom stereocenters. The van der Waals surface area contributed by atoms with Crippen LogP contribution in [0.5, 0.6) is 5.88 Å². The van der Waals surface area contributed by atoms with E-state index in [-0.39, 0.29) is 19.1 Å². The number of fused-ring (bicyclic) bond motifs is 3. The molecule has 4 aromatic heterocycles. The minimum Gasteiger partial charge on any atom is -0.470 e. The van der Waals surface area contributed by atoms with Gasteiger partial charge in [0.2, 0.25) is 11.7 Å². The van der Waals surface area contributed by atoms with Crippen molar-refractivity contribution in [3.05, 3.63) is 65.7 Å². The molecule has 0 unspecified atom stereocenters. The number of nitrogens with zero attached hydrogens (tertiary/aromatic N) is 7. The first-order chi connectivity index (χ1) is 19.6. The van der Waals surface area contributed by atoms with Crippen LogP contribution >= 0.6 is 0 Å². The maximum Gasteiger partial charge on any atom is 0.255 e. The summed E-state index contributed by atoms with van der Waals surface area (Å²) >= 11 is 0. The van der Waals surface area contributed by atoms with Crippen molar-refractivity contribution in [3.8, 4) is 17.4 Å². The molecule has 0 aliphatic heterocycles. The van der Waals surface area contributed by atoms with Crippen molar-refractivity contribution in [2.24, 2.45) is 0 Å². The van der Waals surface area contributed by atoms with Crippen LogP contribution in [0.2, 0.25) is 0 Å². The van der Waals surface area contributed by atoms with Gasteiger partial charge in [-0.15, -0.1) is 15.3 Å². The lowest BCUT2D eigenvalue weighted by Gasteiger charge is -2.22. The molecule has 208 valence electrons. The summed E-state index contributed by atoms with van der Waals surface area (Å²) in [5.41, 5.74) is 2.13. The Bertz CT molecular complexity index is 1580. The van der Waals surface area contributed by atoms with E-state index < -0.39 is 0 Å². The van der Waals surface area contributed by atoms with E-state index in [0.29, 0.717) is 66.4 Å². The van der Waals surface area contributed by atoms with Gasteiger partial charge >= 0.3 is 0 Å². The molecule has 0 N–H and O–H groups in total. The van der Waals surface area contributed by atoms with Crippen LogP contribution in [0.1, 0.15) is 21.8 Å². The number of ether oxygens (including phenoxy) is 4. The molecule has 0 aliphatic rings. The molecule has 0 saturated carbocycles. The Balaban J connectivity index is 1.38. The highest BCUT2D eigenvalue weighted by atomic mass is 16.5. The highest BCUT2D eigenvalue weighted by molar-refractivity contribution is 5.97. The second-order valence-corrected chi connectivity index (χ2v) is 8.83. The molecule has 13 heteroatoms. The maximum absolute atomic E-state index is 13.0. The summed E-state index contributed by atoms with van der Waals surface area (Å²) in [5.74, 6) is 1.19. The molecule has 13 nitrogen and oxygen atoms in total. The zero-order chi connectivity index (χ0) is 27.9. The van der Waals surface area contributed by atoms with Crippen LogP contribution in [-0.2, 0) is 27.4 Å². The Hall–Kier alpha value is -4.46. The van der Waals surface area contributed by atoms with Crippen LogP contribution in [0, 0.1) is 0 Å². The van der Waals surface area contributed by atoms with Gasteiger partial charge in [0.15, 0.2) is 17.1 Å². The number of amides is 1. The molecule has 0 radical (unpaired) electrons. The van der Waals surface area contributed by atoms with E-state index in [2.05, 4.69) is 25.4 Å². The molecule has 5 aromatic rings. The molecule has 0 bridgehead atoms. The van der Waals surface area contributed by atoms with Crippen LogP contribution in [-0.4, -0.2) is 88.4 Å². The van der Waals surface area contributed by atoms with Gasteiger partial charge in [-0.25, -0.2) is 0 Å². The Morgan fingerprint density at radius 1 is 0.950 bits per heavy atom. The van der Waals surface area contributed by atoms with Crippen molar-refractivity contribution in [1.82, 2.24) is 34.9 Å². The molecule has 0 spiro atoms. The molecule has 5 rings (SSSR count). The minimum absolute atomic E-state index is 0.132. The lowest BCUT2D eigenvalue weighted by molar-refractivity contribution is 0.0627. The summed E-state index contributed by atoms with van der Waals surface area (Å²) in [6.45, 7) is 2.19. The third-order valence-corrected chi connectivity index (χ3v) is 6.15. The molecule has 0 saturated heterocycles. The number of aromatic nitrogens is 6. The SMILES string of the molecule is COCCN(CCOC)C(=O)c1ccc(COc2nn3c(-c4cc(COC)on4)nnc3c3ccccc23)nc1. The van der Waals surface area contributed by atoms with Gasteiger partial charge < -0.3 is 28.4 Å². The Morgan fingerprint density at radius 3 is 2.42 bits per heavy atom. The highest BCUT2D eigenvalue weighted by Gasteiger charge is 2.20. The van der Waals surface area contributed by atoms with E-state index in [0.717, 1.165) is 10.8 Å². The van der Waals surface area contributed by atoms with Crippen LogP contribution in [0.15, 0.2) is 53.2 Å². The third-order valence-electron chi connectivity index (χ3n) is 6.15. The lowest BCUT2D eigenvalue weighted by Crippen LogP contribution is -2.36. The number of hydrogen-bond donors (Lipinski definition) is 0. The molecule has 1 aromatic carbocycles. The van der Waals surface area contributed by atoms with E-state index >= 15 is 0 Å². The van der Waals surface area contributed by atoms with Crippen LogP contribution < -0.4 is 4.74 Å². The second kappa shape index (κ2) is 12.6. The first-order valence-electron chi connectivity index (χ1n) is 12.6. The molecule has 1 amide bonds. The predicted octanol–water partition coefficient (Wildman–Crippen LogP) is 2.79. The zero-order valence-electron chi connectivity index (χ0n) is 22.4. The Morgan fingerprint density at radius 2 is 1.73 bits per heavy atom. The summed E-state index contributed by atoms with van der Waals surface area (Å²) in [5, 5.41) is 19.0. The van der Waals surface area contributed by atoms with Crippen molar-refractivity contribution in [1.29, 1.82) is 0 Å². The predicted molar refractivity (Wildman–Crippen MR) is 143 cm³/mol. The van der Waals surface area contributed by atoms with Gasteiger partial charge in [0, 0.05) is 57.5 Å². The topological polar surface area (TPSA) is 139 Å². The fraction of sp³-hybridized carbons (Fsp3) is 0.333. The van der Waals surface area contributed by atoms with Gasteiger partial charge in [0.25, 0.3) is 5.91 Å². The maximum atomic E-state index is 13.0. The van der Waals surface area contributed by atoms with Gasteiger partial charge in [0.05, 0.1) is 24.5 Å². The fourth-order valence-corrected chi connectivity index (χ4v) is 4.13. The Labute approximate surface area is 229 Å². The average molecular weight is 548 g/mol. The molecular formula is C27H29N7O6. The normalized spacial score (nSPS) is 11.4. The van der Waals surface area contributed by atoms with Crippen molar-refractivity contribution < 1.29 is 28.3 Å². The molecule has 0 aliphatic carbocycles. The number of methoxy groups -OCH3 is 3. The monoisotopic (exact) mass is 547 g/mol. The summed E-state index contributed by atoms with van der Waals surface area (Å²) in [7, 11) is 4.78. The zero-order valence-corrected chi connectivity index (χ0v) is 22.4. The van der Waals surface area contributed by atoms with E-state index in [4.69, 9.17) is 23.5 Å². The first-order valence-corrected chi connectivity index (χ1v) is 12.6. The summed E-state index contributed by atoms with van der Waals surface area (Å²) < 4.78 is 28.4. The first kappa shape index (κ1) is 27.1. The fourth-order valence-electron chi connectivity index (χ4n) is 4.13. The van der Waals surface area contributed by atoms with Crippen LogP contribution in [0.3, 0.4) is 0 Å². The quantitative estimate of drug-likeness (QED) is 0.215. The van der Waals surface area contributed by atoms with Gasteiger partial charge in [-0.1, -0.05) is 23.4 Å². The molecule has 0 fully saturated rings. The number of benzene rings is 1. The van der Waals surface area contributed by atoms with E-state index in [1.807, 2.05) is 24.3 Å². The van der Waals surface area contributed by atoms with Gasteiger partial charge in [-0.3, -0.25) is 9.78 Å². The number of pyridine rings is 1. The van der Waals surface area contributed by atoms with Gasteiger partial charge in [0.1, 0.15) is 13.2 Å². The van der Waals surface area contributed by atoms with Crippen molar-refractivity contribution in [2.75, 3.05) is 47.6 Å². The van der Waals surface area contributed by atoms with Gasteiger partial charge in [-0.2, -0.15) is 4.52 Å². The smallest absolute Gasteiger partial charge is 0.255 e. The number of carbonyl (C=O) groups is 1. The average Bonchev–Trinajstić information content (AvgIpc) is 3.63. The minimum atomic E-state index is -0.145. The van der Waals surface area contributed by atoms with Crippen LogP contribution in [0.4, 0.5) is 0 Å². The molecular weight excluding hydrogens is 518 g/mol. The summed E-state index contributed by atoms with van der Waals surface area (Å²) in [6, 6.07) is 12.9. The Kier molecular flexibility index (Phi) is 8.54. The third kappa shape index (κ3) is 5.76. The second-order valence-electron chi connectivity index (χ2n) is 8.83. The van der Waals surface area contributed by atoms with E-state index in [9.17, 15) is 4.79 Å².